The molecule has 0 unspecified atom stereocenters. The van der Waals surface area contributed by atoms with Gasteiger partial charge in [-0.1, -0.05) is 32.0 Å². The Kier molecular flexibility index (Phi) is 5.04. The average molecular weight is 298 g/mol. The number of hydrogen-bond acceptors (Lipinski definition) is 3. The van der Waals surface area contributed by atoms with E-state index >= 15 is 0 Å². The van der Waals surface area contributed by atoms with Crippen molar-refractivity contribution in [1.29, 1.82) is 0 Å². The van der Waals surface area contributed by atoms with Crippen LogP contribution in [0.4, 0.5) is 11.4 Å². The minimum absolute atomic E-state index is 0.0320. The van der Waals surface area contributed by atoms with Crippen molar-refractivity contribution in [3.05, 3.63) is 53.6 Å². The molecule has 4 heteroatoms. The zero-order valence-electron chi connectivity index (χ0n) is 13.2. The number of ether oxygens (including phenoxy) is 1. The molecule has 0 aromatic heterocycles. The van der Waals surface area contributed by atoms with Crippen LogP contribution in [-0.4, -0.2) is 12.5 Å². The summed E-state index contributed by atoms with van der Waals surface area (Å²) in [5.74, 6) is 0.918. The van der Waals surface area contributed by atoms with Crippen LogP contribution in [-0.2, 0) is 4.79 Å². The molecule has 4 nitrogen and oxygen atoms in total. The standard InChI is InChI=1S/C18H22N2O2/c1-12(2)14-6-4-7-15(10-14)22-11-18(21)20-17-9-5-8-16(19)13(17)3/h4-10,12H,11,19H2,1-3H3,(H,20,21). The van der Waals surface area contributed by atoms with Crippen LogP contribution < -0.4 is 15.8 Å². The van der Waals surface area contributed by atoms with Crippen LogP contribution in [0.5, 0.6) is 5.75 Å². The molecule has 0 spiro atoms. The third-order valence-corrected chi connectivity index (χ3v) is 3.54. The van der Waals surface area contributed by atoms with Gasteiger partial charge in [-0.15, -0.1) is 0 Å². The molecule has 2 aromatic rings. The fraction of sp³-hybridized carbons (Fsp3) is 0.278. The van der Waals surface area contributed by atoms with Crippen LogP contribution in [0.1, 0.15) is 30.9 Å². The van der Waals surface area contributed by atoms with Crippen LogP contribution in [0, 0.1) is 6.92 Å². The molecule has 0 saturated heterocycles. The van der Waals surface area contributed by atoms with Gasteiger partial charge in [-0.25, -0.2) is 0 Å². The molecule has 0 atom stereocenters. The minimum atomic E-state index is -0.205. The maximum atomic E-state index is 12.0. The van der Waals surface area contributed by atoms with E-state index in [1.165, 1.54) is 5.56 Å². The second kappa shape index (κ2) is 6.98. The van der Waals surface area contributed by atoms with E-state index in [4.69, 9.17) is 10.5 Å². The van der Waals surface area contributed by atoms with E-state index in [0.29, 0.717) is 23.0 Å². The van der Waals surface area contributed by atoms with Gasteiger partial charge in [-0.3, -0.25) is 4.79 Å². The lowest BCUT2D eigenvalue weighted by molar-refractivity contribution is -0.118. The van der Waals surface area contributed by atoms with E-state index in [1.54, 1.807) is 6.07 Å². The molecule has 1 amide bonds. The highest BCUT2D eigenvalue weighted by molar-refractivity contribution is 5.93. The Morgan fingerprint density at radius 2 is 1.95 bits per heavy atom. The van der Waals surface area contributed by atoms with Gasteiger partial charge in [-0.2, -0.15) is 0 Å². The Morgan fingerprint density at radius 3 is 2.68 bits per heavy atom. The Hall–Kier alpha value is -2.49. The van der Waals surface area contributed by atoms with Crippen molar-refractivity contribution < 1.29 is 9.53 Å². The summed E-state index contributed by atoms with van der Waals surface area (Å²) >= 11 is 0. The molecule has 3 N–H and O–H groups in total. The van der Waals surface area contributed by atoms with Crippen molar-refractivity contribution in [1.82, 2.24) is 0 Å². The first-order valence-corrected chi connectivity index (χ1v) is 7.35. The van der Waals surface area contributed by atoms with Crippen LogP contribution in [0.2, 0.25) is 0 Å². The van der Waals surface area contributed by atoms with Gasteiger partial charge in [0.25, 0.3) is 5.91 Å². The van der Waals surface area contributed by atoms with Crippen LogP contribution >= 0.6 is 0 Å². The summed E-state index contributed by atoms with van der Waals surface area (Å²) < 4.78 is 5.56. The fourth-order valence-electron chi connectivity index (χ4n) is 2.09. The zero-order chi connectivity index (χ0) is 16.1. The molecule has 0 fully saturated rings. The van der Waals surface area contributed by atoms with E-state index in [1.807, 2.05) is 43.3 Å². The summed E-state index contributed by atoms with van der Waals surface area (Å²) in [6.07, 6.45) is 0. The normalized spacial score (nSPS) is 10.5. The van der Waals surface area contributed by atoms with E-state index in [0.717, 1.165) is 5.56 Å². The Morgan fingerprint density at radius 1 is 1.23 bits per heavy atom. The summed E-state index contributed by atoms with van der Waals surface area (Å²) in [5.41, 5.74) is 9.24. The molecule has 0 radical (unpaired) electrons. The van der Waals surface area contributed by atoms with Crippen LogP contribution in [0.3, 0.4) is 0 Å². The maximum absolute atomic E-state index is 12.0. The van der Waals surface area contributed by atoms with Gasteiger partial charge in [0.15, 0.2) is 6.61 Å². The van der Waals surface area contributed by atoms with Gasteiger partial charge in [-0.05, 0) is 48.2 Å². The summed E-state index contributed by atoms with van der Waals surface area (Å²) in [6.45, 7) is 6.08. The third kappa shape index (κ3) is 4.01. The van der Waals surface area contributed by atoms with Crippen molar-refractivity contribution in [2.75, 3.05) is 17.7 Å². The highest BCUT2D eigenvalue weighted by atomic mass is 16.5. The van der Waals surface area contributed by atoms with Gasteiger partial charge in [0.1, 0.15) is 5.75 Å². The van der Waals surface area contributed by atoms with E-state index in [-0.39, 0.29) is 12.5 Å². The molecule has 0 aliphatic carbocycles. The molecule has 0 heterocycles. The van der Waals surface area contributed by atoms with Crippen LogP contribution in [0.15, 0.2) is 42.5 Å². The largest absolute Gasteiger partial charge is 0.484 e. The lowest BCUT2D eigenvalue weighted by atomic mass is 10.0. The molecule has 0 aliphatic heterocycles. The lowest BCUT2D eigenvalue weighted by Crippen LogP contribution is -2.20. The van der Waals surface area contributed by atoms with Crippen molar-refractivity contribution >= 4 is 17.3 Å². The van der Waals surface area contributed by atoms with Crippen molar-refractivity contribution in [2.45, 2.75) is 26.7 Å². The van der Waals surface area contributed by atoms with E-state index in [9.17, 15) is 4.79 Å². The Labute approximate surface area is 131 Å². The molecule has 2 rings (SSSR count). The number of carbonyl (C=O) groups is 1. The minimum Gasteiger partial charge on any atom is -0.484 e. The second-order valence-corrected chi connectivity index (χ2v) is 5.58. The number of amides is 1. The second-order valence-electron chi connectivity index (χ2n) is 5.58. The first-order valence-electron chi connectivity index (χ1n) is 7.35. The summed E-state index contributed by atoms with van der Waals surface area (Å²) in [7, 11) is 0. The number of carbonyl (C=O) groups excluding carboxylic acids is 1. The van der Waals surface area contributed by atoms with Gasteiger partial charge in [0.05, 0.1) is 0 Å². The maximum Gasteiger partial charge on any atom is 0.262 e. The number of rotatable bonds is 5. The monoisotopic (exact) mass is 298 g/mol. The van der Waals surface area contributed by atoms with Crippen molar-refractivity contribution in [2.24, 2.45) is 0 Å². The predicted molar refractivity (Wildman–Crippen MR) is 90.2 cm³/mol. The SMILES string of the molecule is Cc1c(N)cccc1NC(=O)COc1cccc(C(C)C)c1. The Balaban J connectivity index is 1.96. The smallest absolute Gasteiger partial charge is 0.262 e. The molecule has 116 valence electrons. The Bertz CT molecular complexity index is 666. The number of nitrogens with one attached hydrogen (secondary N) is 1. The number of nitrogen functional groups attached to an aromatic ring is 1. The highest BCUT2D eigenvalue weighted by Crippen LogP contribution is 2.21. The third-order valence-electron chi connectivity index (χ3n) is 3.54. The zero-order valence-corrected chi connectivity index (χ0v) is 13.2. The number of hydrogen-bond donors (Lipinski definition) is 2. The number of anilines is 2. The summed E-state index contributed by atoms with van der Waals surface area (Å²) in [4.78, 5) is 12.0. The van der Waals surface area contributed by atoms with Gasteiger partial charge in [0.2, 0.25) is 0 Å². The van der Waals surface area contributed by atoms with Crippen molar-refractivity contribution in [3.63, 3.8) is 0 Å². The molecule has 22 heavy (non-hydrogen) atoms. The topological polar surface area (TPSA) is 64.3 Å². The predicted octanol–water partition coefficient (Wildman–Crippen LogP) is 3.72. The summed E-state index contributed by atoms with van der Waals surface area (Å²) in [6, 6.07) is 13.2. The van der Waals surface area contributed by atoms with Crippen molar-refractivity contribution in [3.8, 4) is 5.75 Å². The average Bonchev–Trinajstić information content (AvgIpc) is 2.50. The van der Waals surface area contributed by atoms with E-state index < -0.39 is 0 Å². The molecule has 0 saturated carbocycles. The molecular formula is C18H22N2O2. The molecule has 0 aliphatic rings. The first kappa shape index (κ1) is 15.9. The summed E-state index contributed by atoms with van der Waals surface area (Å²) in [5, 5.41) is 2.81. The highest BCUT2D eigenvalue weighted by Gasteiger charge is 2.08. The first-order chi connectivity index (χ1) is 10.5. The molecule has 2 aromatic carbocycles. The van der Waals surface area contributed by atoms with Gasteiger partial charge in [0, 0.05) is 11.4 Å². The number of benzene rings is 2. The van der Waals surface area contributed by atoms with Gasteiger partial charge < -0.3 is 15.8 Å². The van der Waals surface area contributed by atoms with Crippen LogP contribution in [0.25, 0.3) is 0 Å². The number of nitrogens with two attached hydrogens (primary N) is 1. The quantitative estimate of drug-likeness (QED) is 0.827. The van der Waals surface area contributed by atoms with Gasteiger partial charge >= 0.3 is 0 Å². The lowest BCUT2D eigenvalue weighted by Gasteiger charge is -2.12. The fourth-order valence-corrected chi connectivity index (χ4v) is 2.09. The molecule has 0 bridgehead atoms. The van der Waals surface area contributed by atoms with E-state index in [2.05, 4.69) is 19.2 Å². The molecular weight excluding hydrogens is 276 g/mol.